The first-order valence-electron chi connectivity index (χ1n) is 10.7. The molecule has 172 valence electrons. The van der Waals surface area contributed by atoms with Crippen LogP contribution in [0, 0.1) is 5.82 Å². The lowest BCUT2D eigenvalue weighted by atomic mass is 9.82. The number of halogens is 2. The van der Waals surface area contributed by atoms with E-state index in [2.05, 4.69) is 37.8 Å². The van der Waals surface area contributed by atoms with E-state index in [1.165, 1.54) is 12.1 Å². The number of aromatic nitrogens is 2. The molecule has 1 aromatic carbocycles. The Bertz CT molecular complexity index is 991. The Morgan fingerprint density at radius 3 is 2.69 bits per heavy atom. The third-order valence-corrected chi connectivity index (χ3v) is 5.70. The number of nitrogens with one attached hydrogen (secondary N) is 1. The van der Waals surface area contributed by atoms with Gasteiger partial charge >= 0.3 is 6.09 Å². The van der Waals surface area contributed by atoms with Crippen molar-refractivity contribution in [3.8, 4) is 5.75 Å². The molecule has 1 unspecified atom stereocenters. The minimum Gasteiger partial charge on any atom is -0.484 e. The lowest BCUT2D eigenvalue weighted by Crippen LogP contribution is -2.47. The number of carbonyl (C=O) groups excluding carboxylic acids is 1. The van der Waals surface area contributed by atoms with Crippen LogP contribution in [0.1, 0.15) is 70.7 Å². The van der Waals surface area contributed by atoms with Crippen molar-refractivity contribution in [3.63, 3.8) is 0 Å². The number of hydrogen-bond donors (Lipinski definition) is 1. The summed E-state index contributed by atoms with van der Waals surface area (Å²) in [4.78, 5) is 21.2. The van der Waals surface area contributed by atoms with Gasteiger partial charge in [-0.2, -0.15) is 0 Å². The predicted molar refractivity (Wildman–Crippen MR) is 125 cm³/mol. The van der Waals surface area contributed by atoms with Gasteiger partial charge in [-0.25, -0.2) is 14.2 Å². The predicted octanol–water partition coefficient (Wildman–Crippen LogP) is 6.37. The van der Waals surface area contributed by atoms with Gasteiger partial charge in [0.25, 0.3) is 0 Å². The van der Waals surface area contributed by atoms with Crippen molar-refractivity contribution < 1.29 is 18.7 Å². The van der Waals surface area contributed by atoms with E-state index in [9.17, 15) is 9.18 Å². The number of carbonyl (C=O) groups is 1. The van der Waals surface area contributed by atoms with Gasteiger partial charge in [-0.3, -0.25) is 4.98 Å². The van der Waals surface area contributed by atoms with Crippen molar-refractivity contribution in [3.05, 3.63) is 58.8 Å². The first-order valence-corrected chi connectivity index (χ1v) is 11.5. The molecule has 0 spiro atoms. The van der Waals surface area contributed by atoms with E-state index in [-0.39, 0.29) is 5.82 Å². The van der Waals surface area contributed by atoms with Crippen molar-refractivity contribution in [2.45, 2.75) is 70.6 Å². The van der Waals surface area contributed by atoms with E-state index < -0.39 is 23.3 Å². The maximum absolute atomic E-state index is 14.1. The molecule has 1 aliphatic rings. The summed E-state index contributed by atoms with van der Waals surface area (Å²) >= 11 is 3.28. The standard InChI is InChI=1S/C24H29BrFN3O3/c1-6-10-24(11-9-15(2)18-13-28-20(25)14-27-18)21(29-22(30)32-23(3,4)5)17-12-16(26)7-8-19(17)31-24/h7-8,12-14,21H,2,6,9-11H2,1,3-5H3,(H,29,30)/t21-,24?/m1/s1. The van der Waals surface area contributed by atoms with Gasteiger partial charge in [-0.15, -0.1) is 0 Å². The molecule has 1 amide bonds. The monoisotopic (exact) mass is 505 g/mol. The Balaban J connectivity index is 1.89. The molecule has 0 saturated carbocycles. The minimum atomic E-state index is -0.770. The van der Waals surface area contributed by atoms with Crippen LogP contribution in [0.4, 0.5) is 9.18 Å². The van der Waals surface area contributed by atoms with Crippen LogP contribution >= 0.6 is 15.9 Å². The molecule has 2 atom stereocenters. The topological polar surface area (TPSA) is 73.3 Å². The fourth-order valence-electron chi connectivity index (χ4n) is 3.96. The zero-order chi connectivity index (χ0) is 23.5. The number of nitrogens with zero attached hydrogens (tertiary/aromatic N) is 2. The SMILES string of the molecule is C=C(CCC1(CCC)Oc2ccc(F)cc2[C@H]1NC(=O)OC(C)(C)C)c1cnc(Br)cn1. The summed E-state index contributed by atoms with van der Waals surface area (Å²) in [5, 5.41) is 2.95. The molecule has 1 N–H and O–H groups in total. The van der Waals surface area contributed by atoms with E-state index >= 15 is 0 Å². The van der Waals surface area contributed by atoms with Crippen molar-refractivity contribution in [2.75, 3.05) is 0 Å². The minimum absolute atomic E-state index is 0.384. The van der Waals surface area contributed by atoms with Gasteiger partial charge in [0.05, 0.1) is 18.1 Å². The summed E-state index contributed by atoms with van der Waals surface area (Å²) in [5.41, 5.74) is 0.683. The first-order chi connectivity index (χ1) is 15.0. The van der Waals surface area contributed by atoms with Crippen LogP contribution in [-0.4, -0.2) is 27.3 Å². The van der Waals surface area contributed by atoms with Crippen LogP contribution in [0.3, 0.4) is 0 Å². The maximum atomic E-state index is 14.1. The van der Waals surface area contributed by atoms with Gasteiger partial charge < -0.3 is 14.8 Å². The second-order valence-electron chi connectivity index (χ2n) is 9.01. The van der Waals surface area contributed by atoms with Gasteiger partial charge in [0, 0.05) is 5.56 Å². The van der Waals surface area contributed by atoms with E-state index in [1.807, 2.05) is 6.92 Å². The number of benzene rings is 1. The van der Waals surface area contributed by atoms with Crippen LogP contribution in [-0.2, 0) is 4.74 Å². The summed E-state index contributed by atoms with van der Waals surface area (Å²) < 4.78 is 26.7. The van der Waals surface area contributed by atoms with Crippen LogP contribution in [0.25, 0.3) is 5.57 Å². The number of hydrogen-bond acceptors (Lipinski definition) is 5. The summed E-state index contributed by atoms with van der Waals surface area (Å²) in [6.45, 7) is 11.6. The highest BCUT2D eigenvalue weighted by Gasteiger charge is 2.49. The molecule has 32 heavy (non-hydrogen) atoms. The molecule has 0 fully saturated rings. The summed E-state index contributed by atoms with van der Waals surface area (Å²) in [6.07, 6.45) is 5.31. The van der Waals surface area contributed by atoms with E-state index in [0.717, 1.165) is 12.0 Å². The average molecular weight is 506 g/mol. The average Bonchev–Trinajstić information content (AvgIpc) is 2.98. The number of allylic oxidation sites excluding steroid dienone is 1. The Morgan fingerprint density at radius 2 is 2.06 bits per heavy atom. The highest BCUT2D eigenvalue weighted by atomic mass is 79.9. The number of amides is 1. The molecule has 0 aliphatic carbocycles. The molecule has 8 heteroatoms. The summed E-state index contributed by atoms with van der Waals surface area (Å²) in [5.74, 6) is 0.181. The van der Waals surface area contributed by atoms with Crippen molar-refractivity contribution in [1.82, 2.24) is 15.3 Å². The van der Waals surface area contributed by atoms with Gasteiger partial charge in [-0.05, 0) is 79.7 Å². The first kappa shape index (κ1) is 24.2. The largest absolute Gasteiger partial charge is 0.484 e. The quantitative estimate of drug-likeness (QED) is 0.473. The van der Waals surface area contributed by atoms with Crippen molar-refractivity contribution in [2.24, 2.45) is 0 Å². The third kappa shape index (κ3) is 5.65. The Labute approximate surface area is 196 Å². The smallest absolute Gasteiger partial charge is 0.408 e. The van der Waals surface area contributed by atoms with E-state index in [0.29, 0.717) is 40.9 Å². The molecule has 1 aliphatic heterocycles. The molecule has 0 bridgehead atoms. The normalized spacial score (nSPS) is 19.8. The lowest BCUT2D eigenvalue weighted by Gasteiger charge is -2.35. The zero-order valence-electron chi connectivity index (χ0n) is 18.9. The Hall–Kier alpha value is -2.48. The fourth-order valence-corrected chi connectivity index (χ4v) is 4.16. The Kier molecular flexibility index (Phi) is 7.22. The molecule has 2 heterocycles. The fraction of sp³-hybridized carbons (Fsp3) is 0.458. The van der Waals surface area contributed by atoms with E-state index in [1.54, 1.807) is 39.2 Å². The molecule has 2 aromatic rings. The van der Waals surface area contributed by atoms with Crippen molar-refractivity contribution >= 4 is 27.6 Å². The van der Waals surface area contributed by atoms with Crippen LogP contribution < -0.4 is 10.1 Å². The van der Waals surface area contributed by atoms with Crippen LogP contribution in [0.5, 0.6) is 5.75 Å². The molecule has 1 aromatic heterocycles. The molecule has 3 rings (SSSR count). The molecule has 6 nitrogen and oxygen atoms in total. The molecule has 0 radical (unpaired) electrons. The van der Waals surface area contributed by atoms with E-state index in [4.69, 9.17) is 9.47 Å². The number of ether oxygens (including phenoxy) is 2. The number of alkyl carbamates (subject to hydrolysis) is 1. The van der Waals surface area contributed by atoms with Crippen LogP contribution in [0.15, 0.2) is 41.8 Å². The third-order valence-electron chi connectivity index (χ3n) is 5.29. The summed E-state index contributed by atoms with van der Waals surface area (Å²) in [6, 6.07) is 3.83. The summed E-state index contributed by atoms with van der Waals surface area (Å²) in [7, 11) is 0. The maximum Gasteiger partial charge on any atom is 0.408 e. The molecular formula is C24H29BrFN3O3. The second-order valence-corrected chi connectivity index (χ2v) is 9.82. The number of fused-ring (bicyclic) bond motifs is 1. The van der Waals surface area contributed by atoms with Crippen LogP contribution in [0.2, 0.25) is 0 Å². The lowest BCUT2D eigenvalue weighted by molar-refractivity contribution is 0.0192. The molecule has 0 saturated heterocycles. The number of rotatable bonds is 7. The highest BCUT2D eigenvalue weighted by Crippen LogP contribution is 2.49. The highest BCUT2D eigenvalue weighted by molar-refractivity contribution is 9.10. The van der Waals surface area contributed by atoms with Gasteiger partial charge in [0.1, 0.15) is 33.4 Å². The second kappa shape index (κ2) is 9.57. The molecular weight excluding hydrogens is 477 g/mol. The zero-order valence-corrected chi connectivity index (χ0v) is 20.5. The van der Waals surface area contributed by atoms with Gasteiger partial charge in [-0.1, -0.05) is 19.9 Å². The van der Waals surface area contributed by atoms with Gasteiger partial charge in [0.15, 0.2) is 0 Å². The Morgan fingerprint density at radius 1 is 1.31 bits per heavy atom. The van der Waals surface area contributed by atoms with Crippen molar-refractivity contribution in [1.29, 1.82) is 0 Å². The van der Waals surface area contributed by atoms with Gasteiger partial charge in [0.2, 0.25) is 0 Å².